The number of fused-ring (bicyclic) bond motifs is 2. The Kier molecular flexibility index (Phi) is 2.20. The number of aliphatic hydroxyl groups excluding tert-OH is 3. The summed E-state index contributed by atoms with van der Waals surface area (Å²) in [5.74, 6) is 0.303. The number of nitrogens with two attached hydrogens (primary N) is 1. The Morgan fingerprint density at radius 2 is 2.15 bits per heavy atom. The molecule has 0 amide bonds. The van der Waals surface area contributed by atoms with Crippen LogP contribution >= 0.6 is 0 Å². The van der Waals surface area contributed by atoms with Crippen molar-refractivity contribution in [3.05, 3.63) is 12.7 Å². The molecule has 2 aliphatic rings. The van der Waals surface area contributed by atoms with Gasteiger partial charge in [0.15, 0.2) is 11.5 Å². The molecule has 20 heavy (non-hydrogen) atoms. The van der Waals surface area contributed by atoms with Gasteiger partial charge in [0.05, 0.1) is 25.1 Å². The molecule has 2 fully saturated rings. The summed E-state index contributed by atoms with van der Waals surface area (Å²) in [5.41, 5.74) is 6.18. The van der Waals surface area contributed by atoms with Gasteiger partial charge in [-0.05, 0) is 12.3 Å². The lowest BCUT2D eigenvalue weighted by molar-refractivity contribution is -0.0300. The van der Waals surface area contributed by atoms with Gasteiger partial charge in [-0.2, -0.15) is 0 Å². The van der Waals surface area contributed by atoms with E-state index in [1.54, 1.807) is 10.9 Å². The minimum absolute atomic E-state index is 0.0195. The van der Waals surface area contributed by atoms with E-state index in [1.165, 1.54) is 6.33 Å². The fourth-order valence-electron chi connectivity index (χ4n) is 3.64. The van der Waals surface area contributed by atoms with Gasteiger partial charge in [-0.1, -0.05) is 0 Å². The zero-order valence-corrected chi connectivity index (χ0v) is 10.6. The highest BCUT2D eigenvalue weighted by Crippen LogP contribution is 2.67. The summed E-state index contributed by atoms with van der Waals surface area (Å²) in [6, 6.07) is -0.351. The quantitative estimate of drug-likeness (QED) is 0.535. The fourth-order valence-corrected chi connectivity index (χ4v) is 3.64. The summed E-state index contributed by atoms with van der Waals surface area (Å²) in [5, 5.41) is 29.9. The predicted molar refractivity (Wildman–Crippen MR) is 68.4 cm³/mol. The van der Waals surface area contributed by atoms with Gasteiger partial charge >= 0.3 is 0 Å². The molecular formula is C12H15N5O3. The Hall–Kier alpha value is -1.77. The molecule has 0 spiro atoms. The van der Waals surface area contributed by atoms with E-state index in [-0.39, 0.29) is 24.4 Å². The van der Waals surface area contributed by atoms with Crippen LogP contribution in [0.2, 0.25) is 0 Å². The Balaban J connectivity index is 1.83. The van der Waals surface area contributed by atoms with Crippen LogP contribution in [0.4, 0.5) is 5.82 Å². The average molecular weight is 277 g/mol. The zero-order chi connectivity index (χ0) is 14.1. The number of aliphatic hydroxyl groups is 3. The number of anilines is 1. The van der Waals surface area contributed by atoms with Gasteiger partial charge in [0, 0.05) is 5.41 Å². The standard InChI is InChI=1S/C12H15N5O3/c13-10-6-11(15-3-14-10)17(4-16-6)7-5-1-12(5,2-18)9(20)8(7)19/h3-5,7-9,18-20H,1-2H2,(H2,13,14,15)/t5-,7?,8+,9+,12+/m1/s1. The monoisotopic (exact) mass is 277 g/mol. The molecule has 2 saturated carbocycles. The SMILES string of the molecule is Nc1ncnc2c1ncn2C1[C@H]2C[C@@]2(CO)[C@@H](O)[C@H]1O. The van der Waals surface area contributed by atoms with Gasteiger partial charge in [0.2, 0.25) is 0 Å². The van der Waals surface area contributed by atoms with Crippen molar-refractivity contribution < 1.29 is 15.3 Å². The van der Waals surface area contributed by atoms with E-state index in [2.05, 4.69) is 15.0 Å². The molecule has 2 heterocycles. The zero-order valence-electron chi connectivity index (χ0n) is 10.6. The fraction of sp³-hybridized carbons (Fsp3) is 0.583. The van der Waals surface area contributed by atoms with Crippen molar-refractivity contribution >= 4 is 17.0 Å². The summed E-state index contributed by atoms with van der Waals surface area (Å²) in [6.45, 7) is -0.129. The van der Waals surface area contributed by atoms with E-state index < -0.39 is 17.6 Å². The van der Waals surface area contributed by atoms with Crippen molar-refractivity contribution in [1.29, 1.82) is 0 Å². The number of nitrogens with zero attached hydrogens (tertiary/aromatic N) is 4. The summed E-state index contributed by atoms with van der Waals surface area (Å²) >= 11 is 0. The molecule has 2 aromatic heterocycles. The molecule has 5 N–H and O–H groups in total. The number of nitrogen functional groups attached to an aromatic ring is 1. The average Bonchev–Trinajstić information content (AvgIpc) is 2.95. The molecule has 0 saturated heterocycles. The van der Waals surface area contributed by atoms with Crippen LogP contribution in [0.1, 0.15) is 12.5 Å². The van der Waals surface area contributed by atoms with Crippen LogP contribution in [0.3, 0.4) is 0 Å². The first kappa shape index (κ1) is 12.0. The number of hydrogen-bond acceptors (Lipinski definition) is 7. The van der Waals surface area contributed by atoms with Gasteiger partial charge < -0.3 is 25.6 Å². The number of hydrogen-bond donors (Lipinski definition) is 4. The maximum Gasteiger partial charge on any atom is 0.165 e. The molecule has 4 rings (SSSR count). The molecule has 106 valence electrons. The molecule has 2 aromatic rings. The molecule has 0 bridgehead atoms. The lowest BCUT2D eigenvalue weighted by Gasteiger charge is -2.23. The second kappa shape index (κ2) is 3.66. The van der Waals surface area contributed by atoms with Gasteiger partial charge in [-0.15, -0.1) is 0 Å². The van der Waals surface area contributed by atoms with Crippen LogP contribution in [-0.4, -0.2) is 53.7 Å². The lowest BCUT2D eigenvalue weighted by Crippen LogP contribution is -2.35. The van der Waals surface area contributed by atoms with Gasteiger partial charge in [-0.3, -0.25) is 0 Å². The lowest BCUT2D eigenvalue weighted by atomic mass is 10.0. The first-order valence-corrected chi connectivity index (χ1v) is 6.50. The number of imidazole rings is 1. The van der Waals surface area contributed by atoms with Crippen molar-refractivity contribution in [3.63, 3.8) is 0 Å². The van der Waals surface area contributed by atoms with E-state index in [0.29, 0.717) is 17.6 Å². The number of aromatic nitrogens is 4. The first-order valence-electron chi connectivity index (χ1n) is 6.50. The third-order valence-electron chi connectivity index (χ3n) is 4.86. The highest BCUT2D eigenvalue weighted by molar-refractivity contribution is 5.81. The minimum Gasteiger partial charge on any atom is -0.396 e. The van der Waals surface area contributed by atoms with Crippen LogP contribution in [0.5, 0.6) is 0 Å². The summed E-state index contributed by atoms with van der Waals surface area (Å²) in [4.78, 5) is 12.2. The van der Waals surface area contributed by atoms with Gasteiger partial charge in [0.25, 0.3) is 0 Å². The normalized spacial score (nSPS) is 39.1. The van der Waals surface area contributed by atoms with Crippen molar-refractivity contribution in [3.8, 4) is 0 Å². The second-order valence-corrected chi connectivity index (χ2v) is 5.71. The van der Waals surface area contributed by atoms with Crippen molar-refractivity contribution in [2.75, 3.05) is 12.3 Å². The van der Waals surface area contributed by atoms with Crippen molar-refractivity contribution in [1.82, 2.24) is 19.5 Å². The van der Waals surface area contributed by atoms with Crippen LogP contribution in [0.25, 0.3) is 11.2 Å². The van der Waals surface area contributed by atoms with Crippen LogP contribution in [-0.2, 0) is 0 Å². The van der Waals surface area contributed by atoms with Crippen LogP contribution in [0, 0.1) is 11.3 Å². The molecular weight excluding hydrogens is 262 g/mol. The largest absolute Gasteiger partial charge is 0.396 e. The van der Waals surface area contributed by atoms with Gasteiger partial charge in [-0.25, -0.2) is 15.0 Å². The minimum atomic E-state index is -0.950. The van der Waals surface area contributed by atoms with E-state index in [1.807, 2.05) is 0 Å². The van der Waals surface area contributed by atoms with E-state index in [9.17, 15) is 15.3 Å². The summed E-state index contributed by atoms with van der Waals surface area (Å²) in [6.07, 6.45) is 1.71. The van der Waals surface area contributed by atoms with E-state index in [0.717, 1.165) is 0 Å². The number of rotatable bonds is 2. The van der Waals surface area contributed by atoms with Crippen LogP contribution < -0.4 is 5.73 Å². The Morgan fingerprint density at radius 3 is 2.85 bits per heavy atom. The Morgan fingerprint density at radius 1 is 1.35 bits per heavy atom. The van der Waals surface area contributed by atoms with Crippen LogP contribution in [0.15, 0.2) is 12.7 Å². The molecule has 0 radical (unpaired) electrons. The molecule has 0 aliphatic heterocycles. The highest BCUT2D eigenvalue weighted by atomic mass is 16.3. The topological polar surface area (TPSA) is 130 Å². The second-order valence-electron chi connectivity index (χ2n) is 5.71. The summed E-state index contributed by atoms with van der Waals surface area (Å²) < 4.78 is 1.73. The van der Waals surface area contributed by atoms with E-state index >= 15 is 0 Å². The third kappa shape index (κ3) is 1.23. The maximum absolute atomic E-state index is 10.3. The maximum atomic E-state index is 10.3. The first-order chi connectivity index (χ1) is 9.60. The Bertz CT molecular complexity index is 689. The van der Waals surface area contributed by atoms with E-state index in [4.69, 9.17) is 5.73 Å². The van der Waals surface area contributed by atoms with Gasteiger partial charge in [0.1, 0.15) is 17.9 Å². The van der Waals surface area contributed by atoms with Crippen molar-refractivity contribution in [2.24, 2.45) is 11.3 Å². The molecule has 8 heteroatoms. The molecule has 5 atom stereocenters. The molecule has 8 nitrogen and oxygen atoms in total. The Labute approximate surface area is 113 Å². The molecule has 0 aromatic carbocycles. The predicted octanol–water partition coefficient (Wildman–Crippen LogP) is -1.32. The third-order valence-corrected chi connectivity index (χ3v) is 4.86. The molecule has 2 aliphatic carbocycles. The molecule has 1 unspecified atom stereocenters. The highest BCUT2D eigenvalue weighted by Gasteiger charge is 2.71. The summed E-state index contributed by atoms with van der Waals surface area (Å²) in [7, 11) is 0. The van der Waals surface area contributed by atoms with Crippen molar-refractivity contribution in [2.45, 2.75) is 24.7 Å². The smallest absolute Gasteiger partial charge is 0.165 e.